The molecule has 6 atom stereocenters. The van der Waals surface area contributed by atoms with Crippen molar-refractivity contribution in [2.75, 3.05) is 11.5 Å². The molecular weight excluding hydrogens is 725 g/mol. The zero-order valence-corrected chi connectivity index (χ0v) is 29.2. The van der Waals surface area contributed by atoms with E-state index in [0.717, 1.165) is 0 Å². The van der Waals surface area contributed by atoms with Crippen molar-refractivity contribution in [1.29, 1.82) is 0 Å². The third-order valence-electron chi connectivity index (χ3n) is 8.39. The van der Waals surface area contributed by atoms with E-state index in [4.69, 9.17) is 11.5 Å². The molecule has 0 aromatic heterocycles. The average Bonchev–Trinajstić information content (AvgIpc) is 3.09. The molecule has 0 saturated carbocycles. The third kappa shape index (κ3) is 7.86. The molecule has 0 spiro atoms. The standard InChI is InChI=1S/2C16H17N3O5S.2H2O/c2*1-7-6-25-15-11(14(22)19(15)12(7)16(23)24)18-13(21)10(17)8-2-4-9(20)5-3-8;;/h2*2-5,10-11,15,20H,6,17H2,1H3,(H,18,21)(H,23,24);2*1H2/t2*10-,11-,15-;;/m11../s1. The molecule has 4 heterocycles. The van der Waals surface area contributed by atoms with Crippen LogP contribution in [-0.4, -0.2) is 111 Å². The van der Waals surface area contributed by atoms with Crippen molar-refractivity contribution in [2.45, 2.75) is 48.8 Å². The molecule has 0 aliphatic carbocycles. The van der Waals surface area contributed by atoms with Crippen LogP contribution in [0.15, 0.2) is 71.1 Å². The number of carbonyl (C=O) groups is 6. The Morgan fingerprint density at radius 1 is 0.673 bits per heavy atom. The number of aromatic hydroxyl groups is 2. The van der Waals surface area contributed by atoms with Crippen molar-refractivity contribution < 1.29 is 60.1 Å². The highest BCUT2D eigenvalue weighted by atomic mass is 32.2. The van der Waals surface area contributed by atoms with Crippen LogP contribution in [0.4, 0.5) is 0 Å². The molecule has 52 heavy (non-hydrogen) atoms. The Morgan fingerprint density at radius 2 is 0.981 bits per heavy atom. The first-order valence-electron chi connectivity index (χ1n) is 15.1. The highest BCUT2D eigenvalue weighted by Crippen LogP contribution is 2.41. The number of thioether (sulfide) groups is 2. The van der Waals surface area contributed by atoms with Crippen molar-refractivity contribution in [1.82, 2.24) is 20.4 Å². The van der Waals surface area contributed by atoms with E-state index in [9.17, 15) is 49.2 Å². The lowest BCUT2D eigenvalue weighted by Gasteiger charge is -2.49. The van der Waals surface area contributed by atoms with E-state index < -0.39 is 70.5 Å². The summed E-state index contributed by atoms with van der Waals surface area (Å²) in [5, 5.41) is 41.4. The number of aliphatic carboxylic acids is 2. The van der Waals surface area contributed by atoms with Gasteiger partial charge in [0.05, 0.1) is 0 Å². The number of phenols is 2. The summed E-state index contributed by atoms with van der Waals surface area (Å²) in [5.41, 5.74) is 14.0. The Labute approximate surface area is 304 Å². The number of carboxylic acids is 2. The highest BCUT2D eigenvalue weighted by Gasteiger charge is 2.55. The second-order valence-electron chi connectivity index (χ2n) is 11.8. The van der Waals surface area contributed by atoms with Gasteiger partial charge in [-0.2, -0.15) is 0 Å². The average molecular weight is 763 g/mol. The van der Waals surface area contributed by atoms with Gasteiger partial charge >= 0.3 is 11.9 Å². The van der Waals surface area contributed by atoms with Crippen LogP contribution in [0, 0.1) is 0 Å². The molecule has 280 valence electrons. The van der Waals surface area contributed by atoms with Crippen LogP contribution in [0.25, 0.3) is 0 Å². The molecule has 0 bridgehead atoms. The first-order valence-corrected chi connectivity index (χ1v) is 17.2. The first-order chi connectivity index (χ1) is 23.6. The number of rotatable bonds is 8. The number of amides is 4. The van der Waals surface area contributed by atoms with E-state index in [1.165, 1.54) is 81.9 Å². The van der Waals surface area contributed by atoms with Crippen LogP contribution in [0.2, 0.25) is 0 Å². The van der Waals surface area contributed by atoms with Gasteiger partial charge < -0.3 is 53.5 Å². The number of nitrogens with zero attached hydrogens (tertiary/aromatic N) is 2. The summed E-state index contributed by atoms with van der Waals surface area (Å²) in [4.78, 5) is 74.4. The van der Waals surface area contributed by atoms with Gasteiger partial charge in [0.2, 0.25) is 11.8 Å². The molecule has 4 aliphatic heterocycles. The second-order valence-corrected chi connectivity index (χ2v) is 14.0. The maximum atomic E-state index is 12.3. The van der Waals surface area contributed by atoms with Crippen LogP contribution in [0.3, 0.4) is 0 Å². The zero-order valence-electron chi connectivity index (χ0n) is 27.6. The molecule has 0 unspecified atom stereocenters. The maximum absolute atomic E-state index is 12.3. The highest BCUT2D eigenvalue weighted by molar-refractivity contribution is 8.00. The van der Waals surface area contributed by atoms with E-state index in [1.54, 1.807) is 13.8 Å². The van der Waals surface area contributed by atoms with Gasteiger partial charge in [-0.3, -0.25) is 29.0 Å². The largest absolute Gasteiger partial charge is 0.508 e. The van der Waals surface area contributed by atoms with Crippen LogP contribution in [0.1, 0.15) is 37.1 Å². The number of phenolic OH excluding ortho intramolecular Hbond substituents is 2. The molecule has 4 amide bonds. The summed E-state index contributed by atoms with van der Waals surface area (Å²) in [6.45, 7) is 3.35. The Morgan fingerprint density at radius 3 is 1.27 bits per heavy atom. The fourth-order valence-corrected chi connectivity index (χ4v) is 8.29. The normalized spacial score (nSPS) is 22.7. The van der Waals surface area contributed by atoms with Crippen molar-refractivity contribution in [3.63, 3.8) is 0 Å². The molecule has 18 nitrogen and oxygen atoms in total. The Balaban J connectivity index is 0.000000270. The number of hydrogen-bond donors (Lipinski definition) is 8. The predicted octanol–water partition coefficient (Wildman–Crippen LogP) is -1.35. The van der Waals surface area contributed by atoms with Gasteiger partial charge in [0.25, 0.3) is 11.8 Å². The van der Waals surface area contributed by atoms with Crippen molar-refractivity contribution in [2.24, 2.45) is 11.5 Å². The van der Waals surface area contributed by atoms with Gasteiger partial charge in [0.1, 0.15) is 57.8 Å². The summed E-state index contributed by atoms with van der Waals surface area (Å²) in [5.74, 6) is -3.21. The summed E-state index contributed by atoms with van der Waals surface area (Å²) in [6, 6.07) is 8.19. The van der Waals surface area contributed by atoms with Crippen LogP contribution < -0.4 is 22.1 Å². The zero-order chi connectivity index (χ0) is 36.6. The molecule has 2 fully saturated rings. The van der Waals surface area contributed by atoms with Crippen LogP contribution >= 0.6 is 23.5 Å². The van der Waals surface area contributed by atoms with Gasteiger partial charge in [-0.1, -0.05) is 24.3 Å². The first kappa shape index (κ1) is 41.3. The SMILES string of the molecule is CC1=C(C(=O)O)N2C(=O)[C@@H](NC(=O)[C@H](N)c3ccc(O)cc3)[C@H]2SC1.CC1=C(C(=O)O)N2C(=O)[C@@H](NC(=O)[C@H](N)c3ccc(O)cc3)[C@H]2SC1.O.O. The number of benzene rings is 2. The van der Waals surface area contributed by atoms with Gasteiger partial charge in [-0.05, 0) is 60.4 Å². The Kier molecular flexibility index (Phi) is 13.1. The Bertz CT molecular complexity index is 1690. The Hall–Kier alpha value is -5.12. The minimum absolute atomic E-state index is 0. The predicted molar refractivity (Wildman–Crippen MR) is 188 cm³/mol. The molecule has 2 saturated heterocycles. The molecule has 0 radical (unpaired) electrons. The summed E-state index contributed by atoms with van der Waals surface area (Å²) in [6.07, 6.45) is 0. The smallest absolute Gasteiger partial charge is 0.352 e. The van der Waals surface area contributed by atoms with E-state index in [2.05, 4.69) is 10.6 Å². The molecular formula is C32H38N6O12S2. The number of nitrogens with two attached hydrogens (primary N) is 2. The van der Waals surface area contributed by atoms with E-state index in [-0.39, 0.29) is 33.8 Å². The quantitative estimate of drug-likeness (QED) is 0.144. The fraction of sp³-hybridized carbons (Fsp3) is 0.312. The van der Waals surface area contributed by atoms with Gasteiger partial charge in [-0.25, -0.2) is 9.59 Å². The minimum Gasteiger partial charge on any atom is -0.508 e. The second kappa shape index (κ2) is 16.5. The van der Waals surface area contributed by atoms with Crippen molar-refractivity contribution >= 4 is 59.1 Å². The monoisotopic (exact) mass is 762 g/mol. The third-order valence-corrected chi connectivity index (χ3v) is 11.2. The molecule has 4 aliphatic rings. The number of nitrogens with one attached hydrogen (secondary N) is 2. The molecule has 6 rings (SSSR count). The number of hydrogen-bond acceptors (Lipinski definition) is 12. The van der Waals surface area contributed by atoms with Gasteiger partial charge in [-0.15, -0.1) is 23.5 Å². The van der Waals surface area contributed by atoms with Crippen LogP contribution in [-0.2, 0) is 28.8 Å². The van der Waals surface area contributed by atoms with Crippen LogP contribution in [0.5, 0.6) is 11.5 Å². The lowest BCUT2D eigenvalue weighted by atomic mass is 10.0. The minimum atomic E-state index is -1.15. The summed E-state index contributed by atoms with van der Waals surface area (Å²) >= 11 is 2.80. The van der Waals surface area contributed by atoms with Crippen molar-refractivity contribution in [3.8, 4) is 11.5 Å². The summed E-state index contributed by atoms with van der Waals surface area (Å²) in [7, 11) is 0. The molecule has 14 N–H and O–H groups in total. The molecule has 20 heteroatoms. The number of carbonyl (C=O) groups excluding carboxylic acids is 4. The number of fused-ring (bicyclic) bond motifs is 2. The summed E-state index contributed by atoms with van der Waals surface area (Å²) < 4.78 is 0. The van der Waals surface area contributed by atoms with Gasteiger partial charge in [0.15, 0.2) is 0 Å². The number of β-lactam (4-membered cyclic amide) rings is 2. The van der Waals surface area contributed by atoms with E-state index in [1.807, 2.05) is 0 Å². The van der Waals surface area contributed by atoms with Crippen molar-refractivity contribution in [3.05, 3.63) is 82.2 Å². The fourth-order valence-electron chi connectivity index (χ4n) is 5.70. The molecule has 2 aromatic carbocycles. The maximum Gasteiger partial charge on any atom is 0.352 e. The van der Waals surface area contributed by atoms with E-state index >= 15 is 0 Å². The molecule has 2 aromatic rings. The number of carboxylic acid groups (broad SMARTS) is 2. The van der Waals surface area contributed by atoms with Gasteiger partial charge in [0, 0.05) is 11.5 Å². The topological polar surface area (TPSA) is 329 Å². The lowest BCUT2D eigenvalue weighted by Crippen LogP contribution is -2.71. The van der Waals surface area contributed by atoms with E-state index in [0.29, 0.717) is 33.8 Å². The lowest BCUT2D eigenvalue weighted by molar-refractivity contribution is -0.150.